The van der Waals surface area contributed by atoms with E-state index in [1.54, 1.807) is 0 Å². The number of benzene rings is 1. The third-order valence-corrected chi connectivity index (χ3v) is 8.37. The molecule has 3 heterocycles. The van der Waals surface area contributed by atoms with E-state index in [0.717, 1.165) is 28.1 Å². The second kappa shape index (κ2) is 11.5. The van der Waals surface area contributed by atoms with Crippen LogP contribution >= 0.6 is 35.3 Å². The van der Waals surface area contributed by atoms with Crippen LogP contribution in [0, 0.1) is 5.92 Å². The number of thiophene rings is 1. The van der Waals surface area contributed by atoms with Crippen LogP contribution < -0.4 is 5.43 Å². The lowest BCUT2D eigenvalue weighted by molar-refractivity contribution is -0.145. The molecule has 40 heavy (non-hydrogen) atoms. The van der Waals surface area contributed by atoms with Crippen molar-refractivity contribution in [1.29, 1.82) is 0 Å². The van der Waals surface area contributed by atoms with E-state index in [-0.39, 0.29) is 52.0 Å². The number of thioether (sulfide) groups is 1. The number of aliphatic carboxylic acids is 1. The van der Waals surface area contributed by atoms with Crippen LogP contribution in [0.1, 0.15) is 28.8 Å². The van der Waals surface area contributed by atoms with Crippen LogP contribution in [-0.4, -0.2) is 56.8 Å². The molecule has 0 atom stereocenters. The molecule has 4 rings (SSSR count). The van der Waals surface area contributed by atoms with Gasteiger partial charge in [0.15, 0.2) is 4.32 Å². The molecular formula is C24H19F6N3O4S3. The second-order valence-electron chi connectivity index (χ2n) is 8.88. The van der Waals surface area contributed by atoms with Gasteiger partial charge in [0.2, 0.25) is 5.91 Å². The van der Waals surface area contributed by atoms with E-state index in [0.29, 0.717) is 29.9 Å². The summed E-state index contributed by atoms with van der Waals surface area (Å²) in [4.78, 5) is 38.5. The van der Waals surface area contributed by atoms with Gasteiger partial charge < -0.3 is 10.0 Å². The van der Waals surface area contributed by atoms with E-state index < -0.39 is 41.3 Å². The van der Waals surface area contributed by atoms with E-state index in [2.05, 4.69) is 5.43 Å². The first-order valence-electron chi connectivity index (χ1n) is 11.5. The first-order chi connectivity index (χ1) is 18.6. The van der Waals surface area contributed by atoms with Gasteiger partial charge in [0.1, 0.15) is 0 Å². The average Bonchev–Trinajstić information content (AvgIpc) is 3.45. The van der Waals surface area contributed by atoms with Gasteiger partial charge >= 0.3 is 18.3 Å². The Labute approximate surface area is 236 Å². The summed E-state index contributed by atoms with van der Waals surface area (Å²) in [5.41, 5.74) is -0.371. The number of nitrogens with one attached hydrogen (secondary N) is 1. The Balaban J connectivity index is 1.45. The number of rotatable bonds is 6. The molecule has 0 bridgehead atoms. The van der Waals surface area contributed by atoms with Crippen molar-refractivity contribution in [2.24, 2.45) is 5.92 Å². The Kier molecular flexibility index (Phi) is 8.63. The molecule has 1 aromatic heterocycles. The van der Waals surface area contributed by atoms with Gasteiger partial charge in [-0.25, -0.2) is 10.4 Å². The summed E-state index contributed by atoms with van der Waals surface area (Å²) in [6.07, 6.45) is -7.90. The molecule has 7 nitrogen and oxygen atoms in total. The molecule has 0 spiro atoms. The number of alkyl halides is 6. The number of nitrogens with zero attached hydrogens (tertiary/aromatic N) is 2. The van der Waals surface area contributed by atoms with Gasteiger partial charge in [-0.1, -0.05) is 24.0 Å². The smallest absolute Gasteiger partial charge is 0.416 e. The highest BCUT2D eigenvalue weighted by atomic mass is 32.2. The normalized spacial score (nSPS) is 18.2. The minimum atomic E-state index is -4.98. The lowest BCUT2D eigenvalue weighted by Crippen LogP contribution is -2.49. The number of carbonyl (C=O) groups excluding carboxylic acids is 2. The number of hydrogen-bond donors (Lipinski definition) is 2. The zero-order valence-electron chi connectivity index (χ0n) is 20.1. The minimum Gasteiger partial charge on any atom is -0.481 e. The molecule has 16 heteroatoms. The molecule has 0 radical (unpaired) electrons. The maximum Gasteiger partial charge on any atom is 0.416 e. The quantitative estimate of drug-likeness (QED) is 0.250. The summed E-state index contributed by atoms with van der Waals surface area (Å²) in [7, 11) is 0. The number of carboxylic acids is 1. The average molecular weight is 624 g/mol. The van der Waals surface area contributed by atoms with E-state index >= 15 is 0 Å². The maximum atomic E-state index is 13.2. The van der Waals surface area contributed by atoms with Crippen molar-refractivity contribution in [1.82, 2.24) is 15.3 Å². The summed E-state index contributed by atoms with van der Waals surface area (Å²) in [5, 5.41) is 11.5. The molecule has 2 fully saturated rings. The number of amides is 2. The fourth-order valence-electron chi connectivity index (χ4n) is 4.07. The van der Waals surface area contributed by atoms with E-state index in [4.69, 9.17) is 17.3 Å². The predicted octanol–water partition coefficient (Wildman–Crippen LogP) is 5.48. The minimum absolute atomic E-state index is 0.0535. The molecule has 2 aliphatic rings. The van der Waals surface area contributed by atoms with Crippen molar-refractivity contribution >= 4 is 63.5 Å². The summed E-state index contributed by atoms with van der Waals surface area (Å²) in [6.45, 7) is 0.275. The Morgan fingerprint density at radius 1 is 1.02 bits per heavy atom. The Morgan fingerprint density at radius 2 is 1.62 bits per heavy atom. The van der Waals surface area contributed by atoms with Gasteiger partial charge in [0.25, 0.3) is 5.91 Å². The Hall–Kier alpha value is -2.95. The summed E-state index contributed by atoms with van der Waals surface area (Å²) < 4.78 is 79.4. The Bertz CT molecular complexity index is 1350. The predicted molar refractivity (Wildman–Crippen MR) is 140 cm³/mol. The van der Waals surface area contributed by atoms with E-state index in [9.17, 15) is 40.7 Å². The molecule has 2 saturated heterocycles. The molecule has 2 amide bonds. The number of hydrogen-bond acceptors (Lipinski definition) is 7. The van der Waals surface area contributed by atoms with Gasteiger partial charge in [-0.05, 0) is 59.7 Å². The summed E-state index contributed by atoms with van der Waals surface area (Å²) >= 11 is 7.13. The van der Waals surface area contributed by atoms with Crippen LogP contribution in [0.2, 0.25) is 0 Å². The maximum absolute atomic E-state index is 13.2. The molecule has 0 saturated carbocycles. The van der Waals surface area contributed by atoms with Crippen molar-refractivity contribution in [3.8, 4) is 11.1 Å². The topological polar surface area (TPSA) is 89.9 Å². The molecule has 214 valence electrons. The van der Waals surface area contributed by atoms with Gasteiger partial charge in [-0.15, -0.1) is 11.3 Å². The van der Waals surface area contributed by atoms with Crippen molar-refractivity contribution in [2.75, 3.05) is 19.6 Å². The fraction of sp³-hybridized carbons (Fsp3) is 0.333. The molecular weight excluding hydrogens is 604 g/mol. The highest BCUT2D eigenvalue weighted by molar-refractivity contribution is 8.26. The zero-order chi connectivity index (χ0) is 29.4. The molecule has 2 aromatic rings. The van der Waals surface area contributed by atoms with Crippen LogP contribution in [0.5, 0.6) is 0 Å². The third-order valence-electron chi connectivity index (χ3n) is 6.19. The summed E-state index contributed by atoms with van der Waals surface area (Å²) in [5.74, 6) is -2.34. The number of likely N-dealkylation sites (tertiary alicyclic amines) is 1. The van der Waals surface area contributed by atoms with Crippen LogP contribution in [0.3, 0.4) is 0 Å². The first kappa shape index (κ1) is 30.0. The number of hydrazine groups is 1. The van der Waals surface area contributed by atoms with Crippen LogP contribution in [0.15, 0.2) is 34.6 Å². The third kappa shape index (κ3) is 6.85. The van der Waals surface area contributed by atoms with Crippen molar-refractivity contribution in [3.63, 3.8) is 0 Å². The van der Waals surface area contributed by atoms with Gasteiger partial charge in [0, 0.05) is 18.0 Å². The highest BCUT2D eigenvalue weighted by Crippen LogP contribution is 2.40. The highest BCUT2D eigenvalue weighted by Gasteiger charge is 2.37. The second-order valence-corrected chi connectivity index (χ2v) is 11.5. The van der Waals surface area contributed by atoms with Crippen molar-refractivity contribution in [2.45, 2.75) is 25.2 Å². The van der Waals surface area contributed by atoms with Crippen LogP contribution in [-0.2, 0) is 26.7 Å². The summed E-state index contributed by atoms with van der Waals surface area (Å²) in [6, 6.07) is 2.68. The lowest BCUT2D eigenvalue weighted by atomic mass is 9.97. The zero-order valence-corrected chi connectivity index (χ0v) is 22.6. The number of piperidine rings is 1. The lowest BCUT2D eigenvalue weighted by Gasteiger charge is -2.30. The fourth-order valence-corrected chi connectivity index (χ4v) is 6.20. The number of carboxylic acid groups (broad SMARTS) is 1. The molecule has 0 aliphatic carbocycles. The van der Waals surface area contributed by atoms with E-state index in [1.165, 1.54) is 22.4 Å². The number of halogens is 6. The van der Waals surface area contributed by atoms with Gasteiger partial charge in [-0.3, -0.25) is 14.4 Å². The monoisotopic (exact) mass is 623 g/mol. The number of carbonyl (C=O) groups is 3. The largest absolute Gasteiger partial charge is 0.481 e. The first-order valence-corrected chi connectivity index (χ1v) is 13.6. The number of thiocarbonyl (C=S) groups is 1. The Morgan fingerprint density at radius 3 is 2.17 bits per heavy atom. The van der Waals surface area contributed by atoms with Crippen LogP contribution in [0.4, 0.5) is 26.3 Å². The van der Waals surface area contributed by atoms with Crippen molar-refractivity contribution in [3.05, 3.63) is 50.6 Å². The standard InChI is InChI=1S/C24H19F6N3O4S3/c25-23(26,27)15-5-13(6-16(8-15)24(28,29)30)14-7-17(39-11-14)9-18-20(35)33(22(38)40-18)31-10-19(34)32-3-1-12(2-4-32)21(36)37/h5-9,11-12,31H,1-4,10H2,(H,36,37)/b18-9-. The molecule has 2 N–H and O–H groups in total. The van der Waals surface area contributed by atoms with E-state index in [1.807, 2.05) is 0 Å². The molecule has 2 aliphatic heterocycles. The SMILES string of the molecule is O=C(O)C1CCN(C(=O)CNN2C(=O)/C(=C/c3cc(-c4cc(C(F)(F)F)cc(C(F)(F)F)c4)cs3)SC2=S)CC1. The van der Waals surface area contributed by atoms with Gasteiger partial charge in [-0.2, -0.15) is 26.3 Å². The molecule has 1 aromatic carbocycles. The van der Waals surface area contributed by atoms with Crippen molar-refractivity contribution < 1.29 is 45.8 Å². The van der Waals surface area contributed by atoms with Gasteiger partial charge in [0.05, 0.1) is 28.5 Å². The van der Waals surface area contributed by atoms with Crippen LogP contribution in [0.25, 0.3) is 17.2 Å². The molecule has 0 unspecified atom stereocenters.